The first-order valence-corrected chi connectivity index (χ1v) is 10.6. The molecule has 2 heterocycles. The zero-order valence-electron chi connectivity index (χ0n) is 17.3. The van der Waals surface area contributed by atoms with Gasteiger partial charge in [-0.25, -0.2) is 14.5 Å². The van der Waals surface area contributed by atoms with E-state index in [1.54, 1.807) is 16.8 Å². The Kier molecular flexibility index (Phi) is 7.33. The summed E-state index contributed by atoms with van der Waals surface area (Å²) >= 11 is 6.20. The number of hydrogen-bond donors (Lipinski definition) is 2. The minimum absolute atomic E-state index is 0. The molecule has 1 aliphatic rings. The molecule has 9 heteroatoms. The number of carboxylic acid groups (broad SMARTS) is 1. The van der Waals surface area contributed by atoms with Crippen molar-refractivity contribution >= 4 is 30.0 Å². The number of carboxylic acids is 1. The average Bonchev–Trinajstić information content (AvgIpc) is 2.79. The van der Waals surface area contributed by atoms with E-state index >= 15 is 0 Å². The number of aromatic nitrogens is 3. The Labute approximate surface area is 196 Å². The summed E-state index contributed by atoms with van der Waals surface area (Å²) in [5.41, 5.74) is 8.21. The van der Waals surface area contributed by atoms with Gasteiger partial charge in [-0.2, -0.15) is 5.10 Å². The number of pyridine rings is 1. The summed E-state index contributed by atoms with van der Waals surface area (Å²) in [5.74, 6) is -1.09. The van der Waals surface area contributed by atoms with Crippen LogP contribution in [-0.4, -0.2) is 32.4 Å². The summed E-state index contributed by atoms with van der Waals surface area (Å²) in [5, 5.41) is 14.3. The topological polar surface area (TPSA) is 111 Å². The second-order valence-electron chi connectivity index (χ2n) is 7.96. The van der Waals surface area contributed by atoms with Gasteiger partial charge in [0.05, 0.1) is 11.7 Å². The molecule has 0 saturated heterocycles. The largest absolute Gasteiger partial charge is 0.477 e. The smallest absolute Gasteiger partial charge is 0.354 e. The van der Waals surface area contributed by atoms with Crippen LogP contribution in [0.1, 0.15) is 47.8 Å². The van der Waals surface area contributed by atoms with Gasteiger partial charge in [0.25, 0.3) is 5.56 Å². The number of nitrogens with zero attached hydrogens (tertiary/aromatic N) is 3. The molecule has 0 radical (unpaired) electrons. The average molecular weight is 475 g/mol. The Hall–Kier alpha value is -2.74. The highest BCUT2D eigenvalue weighted by molar-refractivity contribution is 6.30. The molecule has 1 aliphatic carbocycles. The molecular formula is C23H24Cl2N4O3. The van der Waals surface area contributed by atoms with Crippen LogP contribution in [0.2, 0.25) is 5.02 Å². The molecule has 0 atom stereocenters. The molecule has 0 bridgehead atoms. The molecule has 168 valence electrons. The zero-order valence-corrected chi connectivity index (χ0v) is 18.9. The maximum Gasteiger partial charge on any atom is 0.354 e. The first-order valence-electron chi connectivity index (χ1n) is 10.2. The van der Waals surface area contributed by atoms with Crippen LogP contribution in [0, 0.1) is 0 Å². The quantitative estimate of drug-likeness (QED) is 0.575. The highest BCUT2D eigenvalue weighted by Gasteiger charge is 2.37. The lowest BCUT2D eigenvalue weighted by Gasteiger charge is -2.40. The van der Waals surface area contributed by atoms with Crippen LogP contribution in [-0.2, 0) is 5.41 Å². The van der Waals surface area contributed by atoms with Crippen molar-refractivity contribution in [2.24, 2.45) is 5.73 Å². The fraction of sp³-hybridized carbons (Fsp3) is 0.304. The molecule has 0 unspecified atom stereocenters. The molecule has 3 aromatic rings. The molecule has 2 aromatic heterocycles. The molecule has 1 aromatic carbocycles. The van der Waals surface area contributed by atoms with Crippen molar-refractivity contribution in [3.05, 3.63) is 81.4 Å². The van der Waals surface area contributed by atoms with E-state index in [-0.39, 0.29) is 35.1 Å². The Morgan fingerprint density at radius 3 is 2.53 bits per heavy atom. The Balaban J connectivity index is 0.00000289. The monoisotopic (exact) mass is 474 g/mol. The van der Waals surface area contributed by atoms with Crippen LogP contribution in [0.4, 0.5) is 0 Å². The van der Waals surface area contributed by atoms with Gasteiger partial charge in [0.15, 0.2) is 0 Å². The third-order valence-electron chi connectivity index (χ3n) is 6.19. The lowest BCUT2D eigenvalue weighted by Crippen LogP contribution is -2.41. The van der Waals surface area contributed by atoms with Gasteiger partial charge in [0.2, 0.25) is 0 Å². The minimum Gasteiger partial charge on any atom is -0.477 e. The van der Waals surface area contributed by atoms with Crippen LogP contribution in [0.15, 0.2) is 59.5 Å². The summed E-state index contributed by atoms with van der Waals surface area (Å²) in [6.45, 7) is 0.518. The number of rotatable bonds is 5. The number of benzene rings is 1. The lowest BCUT2D eigenvalue weighted by molar-refractivity contribution is 0.0690. The molecule has 1 saturated carbocycles. The molecule has 32 heavy (non-hydrogen) atoms. The Morgan fingerprint density at radius 2 is 1.94 bits per heavy atom. The van der Waals surface area contributed by atoms with E-state index in [0.717, 1.165) is 31.2 Å². The van der Waals surface area contributed by atoms with E-state index in [2.05, 4.69) is 16.1 Å². The summed E-state index contributed by atoms with van der Waals surface area (Å²) in [6, 6.07) is 14.0. The summed E-state index contributed by atoms with van der Waals surface area (Å²) in [6.07, 6.45) is 4.68. The SMILES string of the molecule is Cl.NCC1(c2cccc(Cl)c2)CCC(n2nc(-c3ccc(C(=O)O)nc3)ccc2=O)CC1. The molecule has 7 nitrogen and oxygen atoms in total. The Bertz CT molecular complexity index is 1160. The van der Waals surface area contributed by atoms with Crippen molar-refractivity contribution in [2.45, 2.75) is 37.1 Å². The summed E-state index contributed by atoms with van der Waals surface area (Å²) in [7, 11) is 0. The Morgan fingerprint density at radius 1 is 1.19 bits per heavy atom. The number of halogens is 2. The lowest BCUT2D eigenvalue weighted by atomic mass is 9.68. The van der Waals surface area contributed by atoms with E-state index in [0.29, 0.717) is 22.8 Å². The van der Waals surface area contributed by atoms with Crippen molar-refractivity contribution in [3.63, 3.8) is 0 Å². The number of carbonyl (C=O) groups is 1. The standard InChI is InChI=1S/C23H23ClN4O3.ClH/c24-17-3-1-2-16(12-17)23(14-25)10-8-18(9-11-23)28-21(29)7-6-19(27-28)15-4-5-20(22(30)31)26-13-15;/h1-7,12-13,18H,8-11,14,25H2,(H,30,31);1H. The normalized spacial score (nSPS) is 20.4. The van der Waals surface area contributed by atoms with Gasteiger partial charge in [0, 0.05) is 34.8 Å². The van der Waals surface area contributed by atoms with Gasteiger partial charge in [-0.3, -0.25) is 4.79 Å². The van der Waals surface area contributed by atoms with Crippen molar-refractivity contribution in [3.8, 4) is 11.3 Å². The predicted molar refractivity (Wildman–Crippen MR) is 126 cm³/mol. The number of aromatic carboxylic acids is 1. The van der Waals surface area contributed by atoms with E-state index in [9.17, 15) is 9.59 Å². The van der Waals surface area contributed by atoms with Gasteiger partial charge in [-0.1, -0.05) is 23.7 Å². The molecule has 0 spiro atoms. The molecule has 0 amide bonds. The zero-order chi connectivity index (χ0) is 22.0. The van der Waals surface area contributed by atoms with Crippen LogP contribution in [0.25, 0.3) is 11.3 Å². The second kappa shape index (κ2) is 9.81. The van der Waals surface area contributed by atoms with E-state index in [1.165, 1.54) is 18.3 Å². The minimum atomic E-state index is -1.09. The fourth-order valence-electron chi connectivity index (χ4n) is 4.34. The van der Waals surface area contributed by atoms with Crippen LogP contribution in [0.3, 0.4) is 0 Å². The van der Waals surface area contributed by atoms with Crippen molar-refractivity contribution in [2.75, 3.05) is 6.54 Å². The molecule has 3 N–H and O–H groups in total. The van der Waals surface area contributed by atoms with Crippen molar-refractivity contribution in [1.82, 2.24) is 14.8 Å². The van der Waals surface area contributed by atoms with Crippen molar-refractivity contribution in [1.29, 1.82) is 0 Å². The second-order valence-corrected chi connectivity index (χ2v) is 8.40. The van der Waals surface area contributed by atoms with E-state index in [1.807, 2.05) is 18.2 Å². The highest BCUT2D eigenvalue weighted by Crippen LogP contribution is 2.42. The maximum absolute atomic E-state index is 12.6. The maximum atomic E-state index is 12.6. The molecule has 1 fully saturated rings. The first-order chi connectivity index (χ1) is 14.9. The third kappa shape index (κ3) is 4.70. The van der Waals surface area contributed by atoms with Gasteiger partial charge >= 0.3 is 5.97 Å². The molecule has 4 rings (SSSR count). The summed E-state index contributed by atoms with van der Waals surface area (Å²) < 4.78 is 1.54. The molecular weight excluding hydrogens is 451 g/mol. The van der Waals surface area contributed by atoms with E-state index < -0.39 is 5.97 Å². The van der Waals surface area contributed by atoms with Gasteiger partial charge < -0.3 is 10.8 Å². The van der Waals surface area contributed by atoms with Crippen LogP contribution in [0.5, 0.6) is 0 Å². The first kappa shape index (κ1) is 23.9. The van der Waals surface area contributed by atoms with Crippen LogP contribution < -0.4 is 11.3 Å². The predicted octanol–water partition coefficient (Wildman–Crippen LogP) is 4.09. The number of hydrogen-bond acceptors (Lipinski definition) is 5. The highest BCUT2D eigenvalue weighted by atomic mass is 35.5. The fourth-order valence-corrected chi connectivity index (χ4v) is 4.53. The van der Waals surface area contributed by atoms with Gasteiger partial charge in [0.1, 0.15) is 5.69 Å². The number of nitrogens with two attached hydrogens (primary N) is 1. The van der Waals surface area contributed by atoms with Gasteiger partial charge in [-0.05, 0) is 61.6 Å². The van der Waals surface area contributed by atoms with E-state index in [4.69, 9.17) is 22.4 Å². The van der Waals surface area contributed by atoms with Crippen molar-refractivity contribution < 1.29 is 9.90 Å². The summed E-state index contributed by atoms with van der Waals surface area (Å²) in [4.78, 5) is 27.5. The third-order valence-corrected chi connectivity index (χ3v) is 6.42. The molecule has 0 aliphatic heterocycles. The van der Waals surface area contributed by atoms with Gasteiger partial charge in [-0.15, -0.1) is 12.4 Å². The van der Waals surface area contributed by atoms with Crippen LogP contribution >= 0.6 is 24.0 Å².